The number of benzene rings is 1. The van der Waals surface area contributed by atoms with Crippen molar-refractivity contribution >= 4 is 33.3 Å². The second-order valence-electron chi connectivity index (χ2n) is 8.55. The van der Waals surface area contributed by atoms with Gasteiger partial charge in [0.15, 0.2) is 0 Å². The maximum absolute atomic E-state index is 4.91. The van der Waals surface area contributed by atoms with Crippen LogP contribution in [0.4, 0.5) is 17.3 Å². The third-order valence-corrected chi connectivity index (χ3v) is 6.45. The van der Waals surface area contributed by atoms with Gasteiger partial charge in [-0.2, -0.15) is 0 Å². The van der Waals surface area contributed by atoms with Crippen molar-refractivity contribution in [3.8, 4) is 0 Å². The highest BCUT2D eigenvalue weighted by Gasteiger charge is 2.31. The van der Waals surface area contributed by atoms with Crippen molar-refractivity contribution in [1.29, 1.82) is 0 Å². The Morgan fingerprint density at radius 3 is 2.68 bits per heavy atom. The number of halogens is 1. The van der Waals surface area contributed by atoms with Crippen LogP contribution in [0, 0.1) is 12.8 Å². The lowest BCUT2D eigenvalue weighted by atomic mass is 10.0. The van der Waals surface area contributed by atoms with Crippen LogP contribution in [0.3, 0.4) is 0 Å². The van der Waals surface area contributed by atoms with Crippen LogP contribution in [0.1, 0.15) is 62.9 Å². The predicted octanol–water partition coefficient (Wildman–Crippen LogP) is 5.99. The minimum atomic E-state index is 0.525. The van der Waals surface area contributed by atoms with Gasteiger partial charge in [0, 0.05) is 29.7 Å². The zero-order valence-corrected chi connectivity index (χ0v) is 19.1. The highest BCUT2D eigenvalue weighted by Crippen LogP contribution is 2.42. The first kappa shape index (κ1) is 19.7. The molecule has 0 radical (unpaired) electrons. The fourth-order valence-corrected chi connectivity index (χ4v) is 4.72. The van der Waals surface area contributed by atoms with Gasteiger partial charge in [-0.25, -0.2) is 9.97 Å². The molecule has 0 unspecified atom stereocenters. The van der Waals surface area contributed by atoms with E-state index in [1.165, 1.54) is 35.5 Å². The molecule has 1 aliphatic heterocycles. The fraction of sp³-hybridized carbons (Fsp3) is 0.565. The lowest BCUT2D eigenvalue weighted by Gasteiger charge is -2.26. The van der Waals surface area contributed by atoms with Crippen molar-refractivity contribution < 1.29 is 0 Å². The second-order valence-corrected chi connectivity index (χ2v) is 9.41. The van der Waals surface area contributed by atoms with Crippen molar-refractivity contribution in [3.63, 3.8) is 0 Å². The van der Waals surface area contributed by atoms with Gasteiger partial charge in [0.1, 0.15) is 17.5 Å². The molecule has 0 amide bonds. The average molecular weight is 443 g/mol. The number of anilines is 3. The molecule has 1 aromatic carbocycles. The Morgan fingerprint density at radius 1 is 1.25 bits per heavy atom. The Balaban J connectivity index is 1.71. The van der Waals surface area contributed by atoms with E-state index >= 15 is 0 Å². The summed E-state index contributed by atoms with van der Waals surface area (Å²) in [6, 6.07) is 6.73. The van der Waals surface area contributed by atoms with Crippen molar-refractivity contribution in [3.05, 3.63) is 39.6 Å². The third kappa shape index (κ3) is 3.91. The zero-order chi connectivity index (χ0) is 19.8. The summed E-state index contributed by atoms with van der Waals surface area (Å²) in [6.07, 6.45) is 4.89. The molecule has 0 spiro atoms. The van der Waals surface area contributed by atoms with E-state index in [-0.39, 0.29) is 0 Å². The Morgan fingerprint density at radius 2 is 2.04 bits per heavy atom. The van der Waals surface area contributed by atoms with E-state index in [4.69, 9.17) is 9.97 Å². The quantitative estimate of drug-likeness (QED) is 0.526. The molecule has 1 fully saturated rings. The molecule has 0 atom stereocenters. The molecule has 0 saturated heterocycles. The molecular formula is C23H31BrN4. The Bertz CT molecular complexity index is 860. The molecule has 4 rings (SSSR count). The lowest BCUT2D eigenvalue weighted by molar-refractivity contribution is 0.693. The number of nitrogens with zero attached hydrogens (tertiary/aromatic N) is 4. The molecule has 2 heterocycles. The van der Waals surface area contributed by atoms with Crippen molar-refractivity contribution in [1.82, 2.24) is 9.97 Å². The van der Waals surface area contributed by atoms with E-state index in [0.29, 0.717) is 5.92 Å². The van der Waals surface area contributed by atoms with Crippen LogP contribution in [0.5, 0.6) is 0 Å². The summed E-state index contributed by atoms with van der Waals surface area (Å²) in [5.74, 6) is 4.52. The van der Waals surface area contributed by atoms with Gasteiger partial charge in [-0.15, -0.1) is 0 Å². The number of rotatable bonds is 7. The minimum Gasteiger partial charge on any atom is -0.356 e. The van der Waals surface area contributed by atoms with Crippen LogP contribution < -0.4 is 9.80 Å². The van der Waals surface area contributed by atoms with Crippen LogP contribution in [0.15, 0.2) is 22.7 Å². The molecular weight excluding hydrogens is 412 g/mol. The topological polar surface area (TPSA) is 32.3 Å². The molecule has 1 aliphatic carbocycles. The SMILES string of the molecule is CCCN(CC1CC1)c1nc(C)nc2c1CCN2c1ccc(C(C)C)cc1Br. The zero-order valence-electron chi connectivity index (χ0n) is 17.5. The first-order valence-electron chi connectivity index (χ1n) is 10.7. The number of aryl methyl sites for hydroxylation is 1. The first-order chi connectivity index (χ1) is 13.5. The number of hydrogen-bond donors (Lipinski definition) is 0. The van der Waals surface area contributed by atoms with Gasteiger partial charge in [0.2, 0.25) is 0 Å². The molecule has 150 valence electrons. The van der Waals surface area contributed by atoms with Crippen molar-refractivity contribution in [2.24, 2.45) is 5.92 Å². The largest absolute Gasteiger partial charge is 0.356 e. The van der Waals surface area contributed by atoms with Crippen LogP contribution in [-0.4, -0.2) is 29.6 Å². The summed E-state index contributed by atoms with van der Waals surface area (Å²) < 4.78 is 1.15. The van der Waals surface area contributed by atoms with E-state index in [0.717, 1.165) is 54.5 Å². The van der Waals surface area contributed by atoms with E-state index in [2.05, 4.69) is 64.7 Å². The summed E-state index contributed by atoms with van der Waals surface area (Å²) in [6.45, 7) is 11.9. The van der Waals surface area contributed by atoms with Gasteiger partial charge in [-0.3, -0.25) is 0 Å². The molecule has 28 heavy (non-hydrogen) atoms. The highest BCUT2D eigenvalue weighted by atomic mass is 79.9. The third-order valence-electron chi connectivity index (χ3n) is 5.81. The summed E-state index contributed by atoms with van der Waals surface area (Å²) in [4.78, 5) is 14.7. The smallest absolute Gasteiger partial charge is 0.142 e. The standard InChI is InChI=1S/C23H31BrN4/c1-5-11-27(14-17-6-7-17)22-19-10-12-28(23(19)26-16(4)25-22)21-9-8-18(15(2)3)13-20(21)24/h8-9,13,15,17H,5-7,10-12,14H2,1-4H3. The van der Waals surface area contributed by atoms with E-state index in [1.54, 1.807) is 0 Å². The number of fused-ring (bicyclic) bond motifs is 1. The van der Waals surface area contributed by atoms with Gasteiger partial charge < -0.3 is 9.80 Å². The predicted molar refractivity (Wildman–Crippen MR) is 121 cm³/mol. The molecule has 2 aromatic rings. The summed E-state index contributed by atoms with van der Waals surface area (Å²) >= 11 is 3.81. The van der Waals surface area contributed by atoms with Crippen molar-refractivity contribution in [2.75, 3.05) is 29.4 Å². The summed E-state index contributed by atoms with van der Waals surface area (Å²) in [5, 5.41) is 0. The van der Waals surface area contributed by atoms with Gasteiger partial charge in [0.05, 0.1) is 5.69 Å². The lowest BCUT2D eigenvalue weighted by Crippen LogP contribution is -2.29. The van der Waals surface area contributed by atoms with Crippen molar-refractivity contribution in [2.45, 2.75) is 59.3 Å². The highest BCUT2D eigenvalue weighted by molar-refractivity contribution is 9.10. The van der Waals surface area contributed by atoms with E-state index < -0.39 is 0 Å². The molecule has 5 heteroatoms. The second kappa shape index (κ2) is 8.02. The molecule has 2 aliphatic rings. The summed E-state index contributed by atoms with van der Waals surface area (Å²) in [5.41, 5.74) is 3.88. The van der Waals surface area contributed by atoms with Gasteiger partial charge >= 0.3 is 0 Å². The van der Waals surface area contributed by atoms with Gasteiger partial charge in [-0.1, -0.05) is 26.8 Å². The fourth-order valence-electron chi connectivity index (χ4n) is 4.11. The number of aromatic nitrogens is 2. The Labute approximate surface area is 177 Å². The van der Waals surface area contributed by atoms with Crippen LogP contribution in [-0.2, 0) is 6.42 Å². The van der Waals surface area contributed by atoms with E-state index in [1.807, 2.05) is 6.92 Å². The molecule has 0 bridgehead atoms. The van der Waals surface area contributed by atoms with Gasteiger partial charge in [0.25, 0.3) is 0 Å². The Kier molecular flexibility index (Phi) is 5.64. The molecule has 1 aromatic heterocycles. The molecule has 1 saturated carbocycles. The summed E-state index contributed by atoms with van der Waals surface area (Å²) in [7, 11) is 0. The van der Waals surface area contributed by atoms with Gasteiger partial charge in [-0.05, 0) is 78.1 Å². The maximum Gasteiger partial charge on any atom is 0.142 e. The van der Waals surface area contributed by atoms with E-state index in [9.17, 15) is 0 Å². The monoisotopic (exact) mass is 442 g/mol. The van der Waals surface area contributed by atoms with Crippen LogP contribution >= 0.6 is 15.9 Å². The molecule has 4 nitrogen and oxygen atoms in total. The molecule has 0 N–H and O–H groups in total. The van der Waals surface area contributed by atoms with Crippen LogP contribution in [0.25, 0.3) is 0 Å². The normalized spacial score (nSPS) is 16.0. The minimum absolute atomic E-state index is 0.525. The number of hydrogen-bond acceptors (Lipinski definition) is 4. The Hall–Kier alpha value is -1.62. The van der Waals surface area contributed by atoms with Crippen LogP contribution in [0.2, 0.25) is 0 Å². The maximum atomic E-state index is 4.91. The average Bonchev–Trinajstić information content (AvgIpc) is 3.38. The first-order valence-corrected chi connectivity index (χ1v) is 11.5.